The van der Waals surface area contributed by atoms with E-state index in [1.165, 1.54) is 16.9 Å². The van der Waals surface area contributed by atoms with Crippen LogP contribution in [0.4, 0.5) is 18.2 Å². The van der Waals surface area contributed by atoms with Crippen LogP contribution in [-0.2, 0) is 0 Å². The lowest BCUT2D eigenvalue weighted by Gasteiger charge is -2.33. The molecule has 10 heteroatoms. The quantitative estimate of drug-likeness (QED) is 0.231. The molecule has 1 aliphatic heterocycles. The average Bonchev–Trinajstić information content (AvgIpc) is 3.12. The third-order valence-electron chi connectivity index (χ3n) is 4.41. The number of anilines is 1. The highest BCUT2D eigenvalue weighted by Crippen LogP contribution is 2.24. The first kappa shape index (κ1) is 25.3. The minimum Gasteiger partial charge on any atom is -0.363 e. The van der Waals surface area contributed by atoms with Crippen molar-refractivity contribution in [2.45, 2.75) is 38.4 Å². The van der Waals surface area contributed by atoms with Crippen LogP contribution in [0.2, 0.25) is 0 Å². The number of piperidine rings is 1. The summed E-state index contributed by atoms with van der Waals surface area (Å²) in [4.78, 5) is 8.21. The number of rotatable bonds is 8. The van der Waals surface area contributed by atoms with Gasteiger partial charge in [0.2, 0.25) is 0 Å². The average molecular weight is 533 g/mol. The summed E-state index contributed by atoms with van der Waals surface area (Å²) in [7, 11) is 1.49. The van der Waals surface area contributed by atoms with E-state index in [-0.39, 0.29) is 24.0 Å². The third-order valence-corrected chi connectivity index (χ3v) is 5.34. The van der Waals surface area contributed by atoms with E-state index in [1.54, 1.807) is 11.3 Å². The zero-order valence-corrected chi connectivity index (χ0v) is 19.6. The molecule has 0 bridgehead atoms. The molecule has 0 atom stereocenters. The first-order valence-corrected chi connectivity index (χ1v) is 10.3. The zero-order valence-electron chi connectivity index (χ0n) is 16.5. The van der Waals surface area contributed by atoms with Crippen LogP contribution < -0.4 is 15.5 Å². The van der Waals surface area contributed by atoms with E-state index >= 15 is 0 Å². The maximum atomic E-state index is 12.3. The zero-order chi connectivity index (χ0) is 19.7. The van der Waals surface area contributed by atoms with Crippen LogP contribution in [0.25, 0.3) is 0 Å². The molecule has 1 aliphatic rings. The summed E-state index contributed by atoms with van der Waals surface area (Å²) in [6.45, 7) is 4.80. The molecule has 2 rings (SSSR count). The van der Waals surface area contributed by atoms with Gasteiger partial charge >= 0.3 is 6.18 Å². The molecule has 1 saturated heterocycles. The second-order valence-corrected chi connectivity index (χ2v) is 7.75. The molecule has 28 heavy (non-hydrogen) atoms. The van der Waals surface area contributed by atoms with Crippen LogP contribution >= 0.6 is 35.3 Å². The Morgan fingerprint density at radius 1 is 1.36 bits per heavy atom. The summed E-state index contributed by atoms with van der Waals surface area (Å²) >= 11 is 1.77. The standard InChI is InChI=1S/C18H30F3N5S.HI/c1-3-22-17(23-9-5-10-25(2)14-18(19,20)21)24-15-7-11-26(12-8-15)16-6-4-13-27-16;/h4,6,13,15H,3,5,7-12,14H2,1-2H3,(H2,22,23,24);1H. The highest BCUT2D eigenvalue weighted by atomic mass is 127. The minimum atomic E-state index is -4.15. The molecule has 162 valence electrons. The van der Waals surface area contributed by atoms with Gasteiger partial charge in [-0.05, 0) is 57.3 Å². The van der Waals surface area contributed by atoms with E-state index < -0.39 is 12.7 Å². The maximum Gasteiger partial charge on any atom is 0.401 e. The summed E-state index contributed by atoms with van der Waals surface area (Å²) in [6.07, 6.45) is -1.47. The summed E-state index contributed by atoms with van der Waals surface area (Å²) in [5.74, 6) is 0.755. The molecule has 2 N–H and O–H groups in total. The van der Waals surface area contributed by atoms with Crippen LogP contribution in [0.1, 0.15) is 26.2 Å². The first-order valence-electron chi connectivity index (χ1n) is 9.46. The van der Waals surface area contributed by atoms with E-state index in [9.17, 15) is 13.2 Å². The first-order chi connectivity index (χ1) is 12.9. The predicted molar refractivity (Wildman–Crippen MR) is 122 cm³/mol. The molecule has 1 aromatic rings. The van der Waals surface area contributed by atoms with Crippen molar-refractivity contribution in [3.8, 4) is 0 Å². The number of guanidine groups is 1. The molecule has 0 radical (unpaired) electrons. The Morgan fingerprint density at radius 3 is 2.64 bits per heavy atom. The molecular formula is C18H31F3IN5S. The summed E-state index contributed by atoms with van der Waals surface area (Å²) < 4.78 is 37.0. The second-order valence-electron chi connectivity index (χ2n) is 6.82. The molecule has 2 heterocycles. The van der Waals surface area contributed by atoms with Gasteiger partial charge < -0.3 is 15.5 Å². The van der Waals surface area contributed by atoms with E-state index in [0.29, 0.717) is 25.6 Å². The fraction of sp³-hybridized carbons (Fsp3) is 0.722. The van der Waals surface area contributed by atoms with Gasteiger partial charge in [-0.3, -0.25) is 9.89 Å². The molecule has 0 amide bonds. The van der Waals surface area contributed by atoms with Crippen molar-refractivity contribution in [1.82, 2.24) is 15.5 Å². The number of hydrogen-bond acceptors (Lipinski definition) is 4. The number of hydrogen-bond donors (Lipinski definition) is 2. The molecule has 0 saturated carbocycles. The van der Waals surface area contributed by atoms with E-state index in [2.05, 4.69) is 38.0 Å². The van der Waals surface area contributed by atoms with Gasteiger partial charge in [0, 0.05) is 32.2 Å². The van der Waals surface area contributed by atoms with Crippen molar-refractivity contribution in [3.05, 3.63) is 17.5 Å². The largest absolute Gasteiger partial charge is 0.401 e. The van der Waals surface area contributed by atoms with Crippen molar-refractivity contribution in [2.24, 2.45) is 4.99 Å². The number of alkyl halides is 3. The fourth-order valence-corrected chi connectivity index (χ4v) is 3.91. The Labute approximate surface area is 186 Å². The number of halogens is 4. The van der Waals surface area contributed by atoms with E-state index in [0.717, 1.165) is 38.4 Å². The van der Waals surface area contributed by atoms with Gasteiger partial charge in [-0.2, -0.15) is 13.2 Å². The van der Waals surface area contributed by atoms with Crippen molar-refractivity contribution in [1.29, 1.82) is 0 Å². The van der Waals surface area contributed by atoms with Gasteiger partial charge in [-0.25, -0.2) is 0 Å². The highest BCUT2D eigenvalue weighted by molar-refractivity contribution is 14.0. The van der Waals surface area contributed by atoms with Crippen LogP contribution in [0, 0.1) is 0 Å². The smallest absolute Gasteiger partial charge is 0.363 e. The van der Waals surface area contributed by atoms with Gasteiger partial charge in [-0.15, -0.1) is 35.3 Å². The van der Waals surface area contributed by atoms with Crippen molar-refractivity contribution in [2.75, 3.05) is 51.2 Å². The van der Waals surface area contributed by atoms with E-state index in [4.69, 9.17) is 0 Å². The number of nitrogens with one attached hydrogen (secondary N) is 2. The monoisotopic (exact) mass is 533 g/mol. The molecule has 1 fully saturated rings. The molecule has 1 aromatic heterocycles. The Bertz CT molecular complexity index is 560. The lowest BCUT2D eigenvalue weighted by Crippen LogP contribution is -2.48. The fourth-order valence-electron chi connectivity index (χ4n) is 3.12. The molecule has 0 spiro atoms. The number of thiophene rings is 1. The minimum absolute atomic E-state index is 0. The lowest BCUT2D eigenvalue weighted by molar-refractivity contribution is -0.143. The van der Waals surface area contributed by atoms with Crippen LogP contribution in [-0.4, -0.2) is 69.4 Å². The van der Waals surface area contributed by atoms with Gasteiger partial charge in [0.05, 0.1) is 11.5 Å². The predicted octanol–water partition coefficient (Wildman–Crippen LogP) is 3.77. The molecule has 0 aromatic carbocycles. The van der Waals surface area contributed by atoms with Crippen molar-refractivity contribution in [3.63, 3.8) is 0 Å². The van der Waals surface area contributed by atoms with Crippen LogP contribution in [0.5, 0.6) is 0 Å². The van der Waals surface area contributed by atoms with Gasteiger partial charge in [0.25, 0.3) is 0 Å². The maximum absolute atomic E-state index is 12.3. The summed E-state index contributed by atoms with van der Waals surface area (Å²) in [5, 5.41) is 10.1. The molecule has 5 nitrogen and oxygen atoms in total. The van der Waals surface area contributed by atoms with Gasteiger partial charge in [0.15, 0.2) is 5.96 Å². The van der Waals surface area contributed by atoms with Gasteiger partial charge in [-0.1, -0.05) is 0 Å². The second kappa shape index (κ2) is 12.7. The Morgan fingerprint density at radius 2 is 2.07 bits per heavy atom. The number of aliphatic imine (C=N–C) groups is 1. The van der Waals surface area contributed by atoms with Crippen molar-refractivity contribution >= 4 is 46.3 Å². The number of nitrogens with zero attached hydrogens (tertiary/aromatic N) is 3. The third kappa shape index (κ3) is 9.64. The topological polar surface area (TPSA) is 42.9 Å². The lowest BCUT2D eigenvalue weighted by atomic mass is 10.1. The van der Waals surface area contributed by atoms with Gasteiger partial charge in [0.1, 0.15) is 0 Å². The van der Waals surface area contributed by atoms with E-state index in [1.807, 2.05) is 6.92 Å². The highest BCUT2D eigenvalue weighted by Gasteiger charge is 2.28. The Hall–Kier alpha value is -0.750. The van der Waals surface area contributed by atoms with Crippen LogP contribution in [0.3, 0.4) is 0 Å². The SMILES string of the molecule is CCNC(=NCCCN(C)CC(F)(F)F)NC1CCN(c2cccs2)CC1.I. The summed E-state index contributed by atoms with van der Waals surface area (Å²) in [5.41, 5.74) is 0. The molecule has 0 unspecified atom stereocenters. The summed E-state index contributed by atoms with van der Waals surface area (Å²) in [6, 6.07) is 4.60. The molecular weight excluding hydrogens is 502 g/mol. The Balaban J connectivity index is 0.00000392. The Kier molecular flexibility index (Phi) is 11.5. The van der Waals surface area contributed by atoms with Crippen LogP contribution in [0.15, 0.2) is 22.5 Å². The molecule has 0 aliphatic carbocycles. The normalized spacial score (nSPS) is 16.2. The van der Waals surface area contributed by atoms with Crippen molar-refractivity contribution < 1.29 is 13.2 Å².